The molecule has 8 nitrogen and oxygen atoms in total. The summed E-state index contributed by atoms with van der Waals surface area (Å²) in [5.41, 5.74) is 0.566. The molecule has 0 aliphatic heterocycles. The van der Waals surface area contributed by atoms with E-state index in [0.29, 0.717) is 36.5 Å². The zero-order valence-electron chi connectivity index (χ0n) is 17.3. The Kier molecular flexibility index (Phi) is 7.51. The minimum Gasteiger partial charge on any atom is -0.481 e. The number of carboxylic acid groups (broad SMARTS) is 1. The lowest BCUT2D eigenvalue weighted by Gasteiger charge is -2.24. The zero-order valence-corrected chi connectivity index (χ0v) is 18.1. The SMILES string of the molecule is CCC(Sc1cccc(NC(=O)C2CC=CCC2C(=O)O)c1)C(=O)Nc1cc(C)on1. The number of aryl methyl sites for hydroxylation is 1. The summed E-state index contributed by atoms with van der Waals surface area (Å²) >= 11 is 1.38. The van der Waals surface area contributed by atoms with Crippen molar-refractivity contribution in [3.8, 4) is 0 Å². The second-order valence-corrected chi connectivity index (χ2v) is 8.61. The molecule has 1 aliphatic carbocycles. The molecule has 2 amide bonds. The molecule has 0 saturated carbocycles. The fourth-order valence-corrected chi connectivity index (χ4v) is 4.39. The van der Waals surface area contributed by atoms with Crippen LogP contribution in [0.5, 0.6) is 0 Å². The van der Waals surface area contributed by atoms with Gasteiger partial charge in [0.05, 0.1) is 17.1 Å². The fourth-order valence-electron chi connectivity index (χ4n) is 3.38. The van der Waals surface area contributed by atoms with Gasteiger partial charge in [-0.3, -0.25) is 14.4 Å². The number of anilines is 2. The van der Waals surface area contributed by atoms with Crippen molar-refractivity contribution in [2.45, 2.75) is 43.3 Å². The van der Waals surface area contributed by atoms with Crippen molar-refractivity contribution >= 4 is 41.1 Å². The van der Waals surface area contributed by atoms with E-state index in [1.807, 2.05) is 19.1 Å². The number of aromatic nitrogens is 1. The van der Waals surface area contributed by atoms with E-state index >= 15 is 0 Å². The van der Waals surface area contributed by atoms with Crippen LogP contribution in [0.3, 0.4) is 0 Å². The number of carboxylic acids is 1. The van der Waals surface area contributed by atoms with Crippen LogP contribution < -0.4 is 10.6 Å². The number of hydrogen-bond acceptors (Lipinski definition) is 6. The molecule has 1 aromatic heterocycles. The van der Waals surface area contributed by atoms with Crippen molar-refractivity contribution in [1.82, 2.24) is 5.16 Å². The van der Waals surface area contributed by atoms with Crippen LogP contribution in [-0.4, -0.2) is 33.3 Å². The lowest BCUT2D eigenvalue weighted by molar-refractivity contribution is -0.146. The van der Waals surface area contributed by atoms with E-state index in [-0.39, 0.29) is 17.1 Å². The average molecular weight is 444 g/mol. The number of hydrogen-bond donors (Lipinski definition) is 3. The molecule has 164 valence electrons. The van der Waals surface area contributed by atoms with Crippen LogP contribution in [0.25, 0.3) is 0 Å². The monoisotopic (exact) mass is 443 g/mol. The van der Waals surface area contributed by atoms with Crippen LogP contribution in [0.4, 0.5) is 11.5 Å². The largest absolute Gasteiger partial charge is 0.481 e. The van der Waals surface area contributed by atoms with Gasteiger partial charge in [0, 0.05) is 16.6 Å². The minimum absolute atomic E-state index is 0.187. The van der Waals surface area contributed by atoms with Crippen LogP contribution >= 0.6 is 11.8 Å². The van der Waals surface area contributed by atoms with Crippen LogP contribution in [0, 0.1) is 18.8 Å². The second kappa shape index (κ2) is 10.3. The van der Waals surface area contributed by atoms with Gasteiger partial charge in [-0.2, -0.15) is 0 Å². The molecular formula is C22H25N3O5S. The predicted molar refractivity (Wildman–Crippen MR) is 118 cm³/mol. The molecule has 0 spiro atoms. The topological polar surface area (TPSA) is 122 Å². The van der Waals surface area contributed by atoms with E-state index in [9.17, 15) is 19.5 Å². The highest BCUT2D eigenvalue weighted by Gasteiger charge is 2.34. The number of nitrogens with one attached hydrogen (secondary N) is 2. The molecule has 9 heteroatoms. The van der Waals surface area contributed by atoms with E-state index in [0.717, 1.165) is 4.90 Å². The Hall–Kier alpha value is -3.07. The van der Waals surface area contributed by atoms with Gasteiger partial charge < -0.3 is 20.3 Å². The van der Waals surface area contributed by atoms with Crippen molar-refractivity contribution in [1.29, 1.82) is 0 Å². The Morgan fingerprint density at radius 2 is 1.94 bits per heavy atom. The van der Waals surface area contributed by atoms with Gasteiger partial charge >= 0.3 is 5.97 Å². The quantitative estimate of drug-likeness (QED) is 0.415. The summed E-state index contributed by atoms with van der Waals surface area (Å²) in [7, 11) is 0. The average Bonchev–Trinajstić information content (AvgIpc) is 3.16. The van der Waals surface area contributed by atoms with Gasteiger partial charge in [0.2, 0.25) is 11.8 Å². The number of thioether (sulfide) groups is 1. The minimum atomic E-state index is -0.965. The third-order valence-electron chi connectivity index (χ3n) is 5.01. The Morgan fingerprint density at radius 1 is 1.19 bits per heavy atom. The van der Waals surface area contributed by atoms with Gasteiger partial charge in [-0.15, -0.1) is 11.8 Å². The maximum atomic E-state index is 12.7. The summed E-state index contributed by atoms with van der Waals surface area (Å²) in [6.07, 6.45) is 4.99. The van der Waals surface area contributed by atoms with Gasteiger partial charge in [-0.25, -0.2) is 0 Å². The van der Waals surface area contributed by atoms with Crippen molar-refractivity contribution in [3.63, 3.8) is 0 Å². The van der Waals surface area contributed by atoms with Crippen LogP contribution in [0.2, 0.25) is 0 Å². The summed E-state index contributed by atoms with van der Waals surface area (Å²) in [6.45, 7) is 3.66. The fraction of sp³-hybridized carbons (Fsp3) is 0.364. The van der Waals surface area contributed by atoms with Crippen LogP contribution in [0.1, 0.15) is 31.9 Å². The molecule has 1 aliphatic rings. The first kappa shape index (κ1) is 22.6. The van der Waals surface area contributed by atoms with Gasteiger partial charge in [0.1, 0.15) is 5.76 Å². The van der Waals surface area contributed by atoms with E-state index in [4.69, 9.17) is 4.52 Å². The Balaban J connectivity index is 1.64. The molecule has 0 radical (unpaired) electrons. The Morgan fingerprint density at radius 3 is 2.58 bits per heavy atom. The highest BCUT2D eigenvalue weighted by Crippen LogP contribution is 2.30. The molecule has 0 fully saturated rings. The van der Waals surface area contributed by atoms with E-state index in [1.165, 1.54) is 11.8 Å². The zero-order chi connectivity index (χ0) is 22.4. The molecule has 3 atom stereocenters. The van der Waals surface area contributed by atoms with Crippen molar-refractivity contribution < 1.29 is 24.0 Å². The summed E-state index contributed by atoms with van der Waals surface area (Å²) < 4.78 is 4.97. The summed E-state index contributed by atoms with van der Waals surface area (Å²) in [5.74, 6) is -1.82. The van der Waals surface area contributed by atoms with E-state index in [1.54, 1.807) is 37.3 Å². The van der Waals surface area contributed by atoms with Crippen molar-refractivity contribution in [2.24, 2.45) is 11.8 Å². The summed E-state index contributed by atoms with van der Waals surface area (Å²) in [6, 6.07) is 8.83. The highest BCUT2D eigenvalue weighted by atomic mass is 32.2. The number of benzene rings is 1. The summed E-state index contributed by atoms with van der Waals surface area (Å²) in [4.78, 5) is 37.5. The number of allylic oxidation sites excluding steroid dienone is 2. The maximum Gasteiger partial charge on any atom is 0.307 e. The molecule has 31 heavy (non-hydrogen) atoms. The lowest BCUT2D eigenvalue weighted by atomic mass is 9.82. The number of carbonyl (C=O) groups excluding carboxylic acids is 2. The smallest absolute Gasteiger partial charge is 0.307 e. The second-order valence-electron chi connectivity index (χ2n) is 7.34. The molecule has 2 aromatic rings. The number of amides is 2. The molecule has 3 N–H and O–H groups in total. The molecule has 0 bridgehead atoms. The molecule has 3 unspecified atom stereocenters. The molecule has 1 aromatic carbocycles. The van der Waals surface area contributed by atoms with Crippen molar-refractivity contribution in [3.05, 3.63) is 48.2 Å². The van der Waals surface area contributed by atoms with Gasteiger partial charge in [0.15, 0.2) is 5.82 Å². The van der Waals surface area contributed by atoms with Gasteiger partial charge in [-0.1, -0.05) is 30.3 Å². The van der Waals surface area contributed by atoms with Gasteiger partial charge in [-0.05, 0) is 44.4 Å². The first-order chi connectivity index (χ1) is 14.9. The number of aliphatic carboxylic acids is 1. The Bertz CT molecular complexity index is 987. The molecule has 3 rings (SSSR count). The predicted octanol–water partition coefficient (Wildman–Crippen LogP) is 4.10. The first-order valence-corrected chi connectivity index (χ1v) is 10.9. The molecule has 1 heterocycles. The van der Waals surface area contributed by atoms with Gasteiger partial charge in [0.25, 0.3) is 0 Å². The third-order valence-corrected chi connectivity index (χ3v) is 6.37. The van der Waals surface area contributed by atoms with E-state index < -0.39 is 17.8 Å². The summed E-state index contributed by atoms with van der Waals surface area (Å²) in [5, 5.41) is 18.4. The Labute approximate surface area is 184 Å². The third kappa shape index (κ3) is 5.97. The lowest BCUT2D eigenvalue weighted by Crippen LogP contribution is -2.34. The first-order valence-electron chi connectivity index (χ1n) is 10.1. The highest BCUT2D eigenvalue weighted by molar-refractivity contribution is 8.00. The van der Waals surface area contributed by atoms with Crippen LogP contribution in [0.15, 0.2) is 51.9 Å². The number of nitrogens with zero attached hydrogens (tertiary/aromatic N) is 1. The number of rotatable bonds is 8. The number of carbonyl (C=O) groups is 3. The molecular weight excluding hydrogens is 418 g/mol. The van der Waals surface area contributed by atoms with Crippen LogP contribution in [-0.2, 0) is 14.4 Å². The maximum absolute atomic E-state index is 12.7. The standard InChI is InChI=1S/C22H25N3O5S/c1-3-18(21(27)24-19-11-13(2)30-25-19)31-15-8-6-7-14(12-15)23-20(26)16-9-4-5-10-17(16)22(28)29/h4-8,11-12,16-18H,3,9-10H2,1-2H3,(H,23,26)(H,28,29)(H,24,25,27). The normalized spacial score (nSPS) is 18.9. The van der Waals surface area contributed by atoms with Crippen molar-refractivity contribution in [2.75, 3.05) is 10.6 Å². The van der Waals surface area contributed by atoms with E-state index in [2.05, 4.69) is 15.8 Å². The molecule has 0 saturated heterocycles.